The number of rotatable bonds is 0. The predicted octanol–water partition coefficient (Wildman–Crippen LogP) is 4.55. The molecule has 0 atom stereocenters. The molecule has 0 spiro atoms. The molecule has 0 saturated heterocycles. The Morgan fingerprint density at radius 2 is 1.60 bits per heavy atom. The predicted molar refractivity (Wildman–Crippen MR) is 84.0 cm³/mol. The molecule has 2 nitrogen and oxygen atoms in total. The maximum atomic E-state index is 4.75. The van der Waals surface area contributed by atoms with E-state index in [1.165, 1.54) is 10.9 Å². The van der Waals surface area contributed by atoms with E-state index in [4.69, 9.17) is 9.97 Å². The maximum Gasteiger partial charge on any atom is 0.0802 e. The number of hydrogen-bond acceptors (Lipinski definition) is 2. The van der Waals surface area contributed by atoms with Crippen molar-refractivity contribution in [3.63, 3.8) is 0 Å². The summed E-state index contributed by atoms with van der Waals surface area (Å²) in [6.45, 7) is 4.18. The van der Waals surface area contributed by atoms with Gasteiger partial charge in [-0.25, -0.2) is 4.98 Å². The molecule has 0 fully saturated rings. The molecular weight excluding hydrogens is 244 g/mol. The smallest absolute Gasteiger partial charge is 0.0802 e. The lowest BCUT2D eigenvalue weighted by molar-refractivity contribution is 1.24. The van der Waals surface area contributed by atoms with Crippen LogP contribution in [0.25, 0.3) is 32.7 Å². The third-order valence-corrected chi connectivity index (χ3v) is 3.81. The molecule has 20 heavy (non-hydrogen) atoms. The van der Waals surface area contributed by atoms with Gasteiger partial charge in [-0.1, -0.05) is 24.3 Å². The van der Waals surface area contributed by atoms with Gasteiger partial charge in [0.2, 0.25) is 0 Å². The zero-order valence-electron chi connectivity index (χ0n) is 11.5. The van der Waals surface area contributed by atoms with Crippen LogP contribution in [-0.4, -0.2) is 9.97 Å². The van der Waals surface area contributed by atoms with Gasteiger partial charge in [0, 0.05) is 21.9 Å². The van der Waals surface area contributed by atoms with Crippen LogP contribution in [-0.2, 0) is 0 Å². The number of benzene rings is 2. The first-order valence-corrected chi connectivity index (χ1v) is 6.79. The van der Waals surface area contributed by atoms with Gasteiger partial charge in [0.05, 0.1) is 16.6 Å². The van der Waals surface area contributed by atoms with Crippen LogP contribution in [0.5, 0.6) is 0 Å². The van der Waals surface area contributed by atoms with Crippen LogP contribution in [0.2, 0.25) is 0 Å². The molecular formula is C18H14N2. The van der Waals surface area contributed by atoms with Crippen LogP contribution in [0.1, 0.15) is 11.3 Å². The Kier molecular flexibility index (Phi) is 2.27. The third-order valence-electron chi connectivity index (χ3n) is 3.81. The Balaban J connectivity index is 2.26. The first-order valence-electron chi connectivity index (χ1n) is 6.79. The molecule has 0 aliphatic heterocycles. The van der Waals surface area contributed by atoms with Crippen LogP contribution in [0.15, 0.2) is 48.5 Å². The highest BCUT2D eigenvalue weighted by molar-refractivity contribution is 6.08. The highest BCUT2D eigenvalue weighted by Crippen LogP contribution is 2.28. The number of pyridine rings is 2. The minimum absolute atomic E-state index is 1.01. The Labute approximate surface area is 117 Å². The van der Waals surface area contributed by atoms with Crippen molar-refractivity contribution in [2.45, 2.75) is 13.8 Å². The second-order valence-electron chi connectivity index (χ2n) is 5.29. The van der Waals surface area contributed by atoms with Crippen molar-refractivity contribution in [3.8, 4) is 0 Å². The Bertz CT molecular complexity index is 971. The Hall–Kier alpha value is -2.48. The van der Waals surface area contributed by atoms with E-state index in [9.17, 15) is 0 Å². The summed E-state index contributed by atoms with van der Waals surface area (Å²) in [7, 11) is 0. The fourth-order valence-corrected chi connectivity index (χ4v) is 2.87. The van der Waals surface area contributed by atoms with Crippen molar-refractivity contribution >= 4 is 32.7 Å². The van der Waals surface area contributed by atoms with Crippen molar-refractivity contribution in [1.29, 1.82) is 0 Å². The molecule has 0 aliphatic rings. The summed E-state index contributed by atoms with van der Waals surface area (Å²) in [5.74, 6) is 0. The fraction of sp³-hybridized carbons (Fsp3) is 0.111. The lowest BCUT2D eigenvalue weighted by atomic mass is 10.0. The van der Waals surface area contributed by atoms with E-state index in [1.807, 2.05) is 25.1 Å². The van der Waals surface area contributed by atoms with Crippen molar-refractivity contribution in [3.05, 3.63) is 59.8 Å². The molecule has 0 radical (unpaired) electrons. The van der Waals surface area contributed by atoms with Gasteiger partial charge in [-0.3, -0.25) is 4.98 Å². The van der Waals surface area contributed by atoms with Gasteiger partial charge in [-0.2, -0.15) is 0 Å². The molecule has 2 heterocycles. The Morgan fingerprint density at radius 3 is 2.50 bits per heavy atom. The standard InChI is InChI=1S/C18H14N2/c1-11-9-12(2)19-18-14(11)7-8-17-15(18)10-13-5-3-4-6-16(13)20-17/h3-10H,1-2H3. The summed E-state index contributed by atoms with van der Waals surface area (Å²) in [6, 6.07) is 16.8. The molecule has 0 aliphatic carbocycles. The fourth-order valence-electron chi connectivity index (χ4n) is 2.87. The summed E-state index contributed by atoms with van der Waals surface area (Å²) in [6.07, 6.45) is 0. The number of aromatic nitrogens is 2. The second kappa shape index (κ2) is 4.01. The second-order valence-corrected chi connectivity index (χ2v) is 5.29. The molecule has 2 aromatic heterocycles. The molecule has 0 unspecified atom stereocenters. The number of para-hydroxylation sites is 1. The first kappa shape index (κ1) is 11.4. The van der Waals surface area contributed by atoms with Crippen LogP contribution >= 0.6 is 0 Å². The molecule has 4 rings (SSSR count). The molecule has 0 N–H and O–H groups in total. The lowest BCUT2D eigenvalue weighted by Crippen LogP contribution is -1.90. The summed E-state index contributed by atoms with van der Waals surface area (Å²) in [5, 5.41) is 3.50. The first-order chi connectivity index (χ1) is 9.72. The van der Waals surface area contributed by atoms with E-state index in [-0.39, 0.29) is 0 Å². The molecule has 0 saturated carbocycles. The summed E-state index contributed by atoms with van der Waals surface area (Å²) < 4.78 is 0. The van der Waals surface area contributed by atoms with Gasteiger partial charge in [0.25, 0.3) is 0 Å². The van der Waals surface area contributed by atoms with Gasteiger partial charge >= 0.3 is 0 Å². The normalized spacial score (nSPS) is 11.5. The van der Waals surface area contributed by atoms with E-state index in [0.29, 0.717) is 0 Å². The third kappa shape index (κ3) is 1.58. The van der Waals surface area contributed by atoms with Crippen LogP contribution in [0.4, 0.5) is 0 Å². The van der Waals surface area contributed by atoms with Crippen molar-refractivity contribution in [2.75, 3.05) is 0 Å². The number of aryl methyl sites for hydroxylation is 2. The molecule has 96 valence electrons. The van der Waals surface area contributed by atoms with Gasteiger partial charge in [-0.15, -0.1) is 0 Å². The zero-order chi connectivity index (χ0) is 13.7. The van der Waals surface area contributed by atoms with Gasteiger partial charge in [0.1, 0.15) is 0 Å². The average molecular weight is 258 g/mol. The van der Waals surface area contributed by atoms with E-state index >= 15 is 0 Å². The molecule has 0 bridgehead atoms. The number of fused-ring (bicyclic) bond motifs is 4. The summed E-state index contributed by atoms with van der Waals surface area (Å²) in [5.41, 5.74) is 5.41. The van der Waals surface area contributed by atoms with Crippen molar-refractivity contribution in [1.82, 2.24) is 9.97 Å². The van der Waals surface area contributed by atoms with Crippen LogP contribution < -0.4 is 0 Å². The van der Waals surface area contributed by atoms with Crippen LogP contribution in [0, 0.1) is 13.8 Å². The zero-order valence-corrected chi connectivity index (χ0v) is 11.5. The van der Waals surface area contributed by atoms with Crippen LogP contribution in [0.3, 0.4) is 0 Å². The quantitative estimate of drug-likeness (QED) is 0.341. The minimum atomic E-state index is 1.01. The van der Waals surface area contributed by atoms with Gasteiger partial charge in [-0.05, 0) is 43.7 Å². The minimum Gasteiger partial charge on any atom is -0.252 e. The van der Waals surface area contributed by atoms with Gasteiger partial charge in [0.15, 0.2) is 0 Å². The maximum absolute atomic E-state index is 4.75. The van der Waals surface area contributed by atoms with Crippen molar-refractivity contribution < 1.29 is 0 Å². The highest BCUT2D eigenvalue weighted by Gasteiger charge is 2.07. The summed E-state index contributed by atoms with van der Waals surface area (Å²) >= 11 is 0. The highest BCUT2D eigenvalue weighted by atomic mass is 14.7. The topological polar surface area (TPSA) is 25.8 Å². The summed E-state index contributed by atoms with van der Waals surface area (Å²) in [4.78, 5) is 9.48. The SMILES string of the molecule is Cc1cc(C)c2ccc3nc4ccccc4cc3c2n1. The monoisotopic (exact) mass is 258 g/mol. The van der Waals surface area contributed by atoms with Gasteiger partial charge < -0.3 is 0 Å². The molecule has 2 aromatic carbocycles. The van der Waals surface area contributed by atoms with E-state index in [1.54, 1.807) is 0 Å². The molecule has 2 heteroatoms. The largest absolute Gasteiger partial charge is 0.252 e. The molecule has 4 aromatic rings. The number of nitrogens with zero attached hydrogens (tertiary/aromatic N) is 2. The number of hydrogen-bond donors (Lipinski definition) is 0. The van der Waals surface area contributed by atoms with E-state index in [2.05, 4.69) is 37.3 Å². The average Bonchev–Trinajstić information content (AvgIpc) is 2.45. The van der Waals surface area contributed by atoms with E-state index < -0.39 is 0 Å². The van der Waals surface area contributed by atoms with Crippen molar-refractivity contribution in [2.24, 2.45) is 0 Å². The van der Waals surface area contributed by atoms with E-state index in [0.717, 1.165) is 33.0 Å². The molecule has 0 amide bonds. The Morgan fingerprint density at radius 1 is 0.750 bits per heavy atom. The lowest BCUT2D eigenvalue weighted by Gasteiger charge is -2.08.